The molecule has 0 aromatic heterocycles. The number of aryl methyl sites for hydroxylation is 1. The molecule has 0 bridgehead atoms. The van der Waals surface area contributed by atoms with Gasteiger partial charge in [-0.3, -0.25) is 5.43 Å². The van der Waals surface area contributed by atoms with E-state index in [1.165, 1.54) is 6.38 Å². The summed E-state index contributed by atoms with van der Waals surface area (Å²) < 4.78 is 5.48. The van der Waals surface area contributed by atoms with Gasteiger partial charge in [-0.15, -0.1) is 18.2 Å². The summed E-state index contributed by atoms with van der Waals surface area (Å²) in [6.07, 6.45) is 8.99. The van der Waals surface area contributed by atoms with Crippen molar-refractivity contribution < 1.29 is 4.74 Å². The van der Waals surface area contributed by atoms with Gasteiger partial charge < -0.3 is 15.4 Å². The molecule has 5 nitrogen and oxygen atoms in total. The van der Waals surface area contributed by atoms with Gasteiger partial charge in [0.05, 0.1) is 29.1 Å². The van der Waals surface area contributed by atoms with E-state index >= 15 is 0 Å². The summed E-state index contributed by atoms with van der Waals surface area (Å²) in [7, 11) is 1.84. The Morgan fingerprint density at radius 3 is 2.58 bits per heavy atom. The van der Waals surface area contributed by atoms with E-state index in [0.29, 0.717) is 23.2 Å². The molecule has 1 aromatic carbocycles. The van der Waals surface area contributed by atoms with Gasteiger partial charge in [0, 0.05) is 31.3 Å². The third-order valence-corrected chi connectivity index (χ3v) is 4.52. The van der Waals surface area contributed by atoms with E-state index < -0.39 is 0 Å². The normalized spacial score (nSPS) is 12.6. The summed E-state index contributed by atoms with van der Waals surface area (Å²) >= 11 is 16.3. The van der Waals surface area contributed by atoms with Crippen LogP contribution in [0.4, 0.5) is 5.69 Å². The van der Waals surface area contributed by atoms with Gasteiger partial charge in [-0.25, -0.2) is 0 Å². The molecule has 0 saturated heterocycles. The Morgan fingerprint density at radius 2 is 2.00 bits per heavy atom. The fraction of sp³-hybridized carbons (Fsp3) is 0.391. The van der Waals surface area contributed by atoms with Gasteiger partial charge in [-0.2, -0.15) is 5.10 Å². The average molecular weight is 486 g/mol. The Kier molecular flexibility index (Phi) is 15.8. The van der Waals surface area contributed by atoms with Crippen LogP contribution in [0.15, 0.2) is 53.8 Å². The molecule has 8 heteroatoms. The van der Waals surface area contributed by atoms with Gasteiger partial charge in [-0.05, 0) is 51.5 Å². The van der Waals surface area contributed by atoms with Crippen molar-refractivity contribution in [3.8, 4) is 0 Å². The predicted molar refractivity (Wildman–Crippen MR) is 142 cm³/mol. The van der Waals surface area contributed by atoms with Crippen LogP contribution in [0.25, 0.3) is 0 Å². The molecule has 0 aliphatic heterocycles. The molecular weight excluding hydrogens is 451 g/mol. The topological polar surface area (TPSA) is 57.7 Å². The molecule has 0 fully saturated rings. The Hall–Kier alpha value is -1.86. The summed E-state index contributed by atoms with van der Waals surface area (Å²) in [6.45, 7) is 12.7. The number of halogens is 2. The summed E-state index contributed by atoms with van der Waals surface area (Å²) in [4.78, 5) is 0.587. The highest BCUT2D eigenvalue weighted by Gasteiger charge is 2.10. The molecule has 1 atom stereocenters. The molecule has 172 valence electrons. The minimum absolute atomic E-state index is 0.0817. The average Bonchev–Trinajstić information content (AvgIpc) is 2.76. The second kappa shape index (κ2) is 16.8. The number of hydrogen-bond acceptors (Lipinski definition) is 5. The van der Waals surface area contributed by atoms with E-state index in [1.54, 1.807) is 6.08 Å². The van der Waals surface area contributed by atoms with Crippen LogP contribution in [0.5, 0.6) is 0 Å². The molecular formula is C23H34Cl2N4OS. The van der Waals surface area contributed by atoms with Crippen molar-refractivity contribution in [2.75, 3.05) is 31.9 Å². The maximum Gasteiger partial charge on any atom is 0.115 e. The molecule has 1 aromatic rings. The molecule has 31 heavy (non-hydrogen) atoms. The number of ether oxygens (including phenoxy) is 1. The molecule has 3 N–H and O–H groups in total. The zero-order valence-electron chi connectivity index (χ0n) is 19.2. The fourth-order valence-corrected chi connectivity index (χ4v) is 3.00. The van der Waals surface area contributed by atoms with Crippen LogP contribution in [0.1, 0.15) is 31.9 Å². The minimum Gasteiger partial charge on any atom is -0.386 e. The lowest BCUT2D eigenvalue weighted by Gasteiger charge is -2.13. The first-order valence-electron chi connectivity index (χ1n) is 9.84. The van der Waals surface area contributed by atoms with E-state index in [1.807, 2.05) is 65.1 Å². The molecule has 0 saturated carbocycles. The number of hydrazone groups is 1. The lowest BCUT2D eigenvalue weighted by atomic mass is 10.1. The SMILES string of the molecule is C=CC(C=C/C=C(\C)NCC(=S)N/N=C(\C)c1cc(C)cc(Cl)c1NC)OCC.CCl. The van der Waals surface area contributed by atoms with E-state index in [4.69, 9.17) is 28.6 Å². The number of nitrogens with one attached hydrogen (secondary N) is 3. The number of benzene rings is 1. The summed E-state index contributed by atoms with van der Waals surface area (Å²) in [5.41, 5.74) is 7.56. The second-order valence-corrected chi connectivity index (χ2v) is 7.30. The molecule has 0 radical (unpaired) electrons. The van der Waals surface area contributed by atoms with Crippen molar-refractivity contribution in [3.63, 3.8) is 0 Å². The monoisotopic (exact) mass is 484 g/mol. The van der Waals surface area contributed by atoms with Gasteiger partial charge in [0.15, 0.2) is 0 Å². The molecule has 0 spiro atoms. The Bertz CT molecular complexity index is 807. The van der Waals surface area contributed by atoms with Crippen molar-refractivity contribution in [1.29, 1.82) is 0 Å². The smallest absolute Gasteiger partial charge is 0.115 e. The van der Waals surface area contributed by atoms with E-state index in [-0.39, 0.29) is 6.10 Å². The second-order valence-electron chi connectivity index (χ2n) is 6.40. The van der Waals surface area contributed by atoms with Crippen molar-refractivity contribution in [2.24, 2.45) is 5.10 Å². The van der Waals surface area contributed by atoms with Crippen LogP contribution in [-0.2, 0) is 4.74 Å². The Labute approximate surface area is 202 Å². The first-order chi connectivity index (χ1) is 14.8. The quantitative estimate of drug-likeness (QED) is 0.0920. The third-order valence-electron chi connectivity index (χ3n) is 3.99. The van der Waals surface area contributed by atoms with Crippen LogP contribution in [0.2, 0.25) is 5.02 Å². The van der Waals surface area contributed by atoms with Crippen LogP contribution in [0.3, 0.4) is 0 Å². The molecule has 0 amide bonds. The van der Waals surface area contributed by atoms with E-state index in [9.17, 15) is 0 Å². The Morgan fingerprint density at radius 1 is 1.32 bits per heavy atom. The highest BCUT2D eigenvalue weighted by molar-refractivity contribution is 7.80. The number of alkyl halides is 1. The molecule has 0 aliphatic carbocycles. The third kappa shape index (κ3) is 11.4. The fourth-order valence-electron chi connectivity index (χ4n) is 2.51. The van der Waals surface area contributed by atoms with E-state index in [2.05, 4.69) is 39.3 Å². The zero-order valence-corrected chi connectivity index (χ0v) is 21.5. The standard InChI is InChI=1S/C22H31ClN4OS.CH3Cl/c1-7-18(28-8-2)11-9-10-16(4)25-14-21(29)27-26-17(5)19-12-15(3)13-20(23)22(19)24-6;1-2/h7,9-13,18,24-25H,1,8,14H2,2-6H3,(H,27,29);1H3/b11-9?,16-10+,26-17+;. The predicted octanol–water partition coefficient (Wildman–Crippen LogP) is 5.83. The molecule has 1 unspecified atom stereocenters. The number of hydrogen-bond donors (Lipinski definition) is 3. The minimum atomic E-state index is -0.0817. The highest BCUT2D eigenvalue weighted by Crippen LogP contribution is 2.28. The summed E-state index contributed by atoms with van der Waals surface area (Å²) in [5.74, 6) is 0. The van der Waals surface area contributed by atoms with Crippen molar-refractivity contribution in [3.05, 3.63) is 64.9 Å². The largest absolute Gasteiger partial charge is 0.386 e. The first kappa shape index (κ1) is 29.1. The van der Waals surface area contributed by atoms with Crippen LogP contribution < -0.4 is 16.1 Å². The lowest BCUT2D eigenvalue weighted by Crippen LogP contribution is -2.29. The maximum atomic E-state index is 6.32. The van der Waals surface area contributed by atoms with Gasteiger partial charge in [0.2, 0.25) is 0 Å². The number of thiocarbonyl (C=S) groups is 1. The Balaban J connectivity index is 0.00000436. The van der Waals surface area contributed by atoms with Gasteiger partial charge in [0.25, 0.3) is 0 Å². The van der Waals surface area contributed by atoms with Gasteiger partial charge in [-0.1, -0.05) is 42.0 Å². The lowest BCUT2D eigenvalue weighted by molar-refractivity contribution is 0.128. The van der Waals surface area contributed by atoms with Gasteiger partial charge in [0.1, 0.15) is 4.99 Å². The molecule has 1 rings (SSSR count). The van der Waals surface area contributed by atoms with Crippen LogP contribution in [-0.4, -0.2) is 43.4 Å². The van der Waals surface area contributed by atoms with Crippen LogP contribution >= 0.6 is 35.4 Å². The number of nitrogens with zero attached hydrogens (tertiary/aromatic N) is 1. The maximum absolute atomic E-state index is 6.32. The van der Waals surface area contributed by atoms with Gasteiger partial charge >= 0.3 is 0 Å². The number of anilines is 1. The number of allylic oxidation sites excluding steroid dienone is 3. The zero-order chi connectivity index (χ0) is 23.8. The van der Waals surface area contributed by atoms with Crippen LogP contribution in [0, 0.1) is 6.92 Å². The molecule has 0 aliphatic rings. The number of rotatable bonds is 11. The first-order valence-corrected chi connectivity index (χ1v) is 11.4. The summed E-state index contributed by atoms with van der Waals surface area (Å²) in [6, 6.07) is 3.96. The molecule has 0 heterocycles. The van der Waals surface area contributed by atoms with Crippen molar-refractivity contribution in [2.45, 2.75) is 33.8 Å². The van der Waals surface area contributed by atoms with Crippen molar-refractivity contribution in [1.82, 2.24) is 10.7 Å². The highest BCUT2D eigenvalue weighted by atomic mass is 35.5. The van der Waals surface area contributed by atoms with Crippen molar-refractivity contribution >= 4 is 51.8 Å². The summed E-state index contributed by atoms with van der Waals surface area (Å²) in [5, 5.41) is 11.4. The van der Waals surface area contributed by atoms with E-state index in [0.717, 1.165) is 28.2 Å².